The molecule has 0 aliphatic carbocycles. The van der Waals surface area contributed by atoms with Crippen molar-refractivity contribution >= 4 is 27.0 Å². The van der Waals surface area contributed by atoms with Gasteiger partial charge in [-0.05, 0) is 26.0 Å². The van der Waals surface area contributed by atoms with Crippen molar-refractivity contribution in [1.29, 1.82) is 0 Å². The highest BCUT2D eigenvalue weighted by atomic mass is 32.2. The molecule has 0 saturated carbocycles. The molecule has 0 saturated heterocycles. The SMILES string of the molecule is CC(C)S(=O)(=O)n1c(N)nc2ccc(-c3nc(-c4ncc[nH]4)[nH]c3-c3ccccc3)cc21. The second kappa shape index (κ2) is 7.34. The maximum Gasteiger partial charge on any atom is 0.244 e. The molecule has 5 rings (SSSR count). The Bertz CT molecular complexity index is 1520. The third-order valence-corrected chi connectivity index (χ3v) is 7.33. The van der Waals surface area contributed by atoms with Crippen molar-refractivity contribution in [3.63, 3.8) is 0 Å². The lowest BCUT2D eigenvalue weighted by atomic mass is 10.0. The summed E-state index contributed by atoms with van der Waals surface area (Å²) in [4.78, 5) is 19.7. The van der Waals surface area contributed by atoms with Gasteiger partial charge in [0.2, 0.25) is 16.0 Å². The number of nitrogens with zero attached hydrogens (tertiary/aromatic N) is 4. The van der Waals surface area contributed by atoms with Crippen LogP contribution in [0.25, 0.3) is 45.2 Å². The first-order chi connectivity index (χ1) is 15.4. The van der Waals surface area contributed by atoms with Crippen LogP contribution < -0.4 is 5.73 Å². The van der Waals surface area contributed by atoms with Crippen molar-refractivity contribution in [1.82, 2.24) is 28.9 Å². The number of hydrogen-bond acceptors (Lipinski definition) is 6. The summed E-state index contributed by atoms with van der Waals surface area (Å²) in [6.07, 6.45) is 3.38. The van der Waals surface area contributed by atoms with Crippen molar-refractivity contribution in [2.45, 2.75) is 19.1 Å². The lowest BCUT2D eigenvalue weighted by Crippen LogP contribution is -2.23. The number of anilines is 1. The zero-order chi connectivity index (χ0) is 22.5. The van der Waals surface area contributed by atoms with Gasteiger partial charge in [0.15, 0.2) is 11.6 Å². The van der Waals surface area contributed by atoms with Crippen LogP contribution in [0.15, 0.2) is 60.9 Å². The van der Waals surface area contributed by atoms with Gasteiger partial charge < -0.3 is 15.7 Å². The molecule has 162 valence electrons. The minimum Gasteiger partial charge on any atom is -0.368 e. The fourth-order valence-corrected chi connectivity index (χ4v) is 4.74. The molecule has 0 aliphatic rings. The lowest BCUT2D eigenvalue weighted by molar-refractivity contribution is 0.580. The number of nitrogens with one attached hydrogen (secondary N) is 2. The van der Waals surface area contributed by atoms with Crippen LogP contribution in [0.3, 0.4) is 0 Å². The fraction of sp³-hybridized carbons (Fsp3) is 0.136. The standard InChI is InChI=1S/C22H21N7O2S/c1-13(2)32(30,31)29-17-12-15(8-9-16(17)26-22(29)23)19-18(14-6-4-3-5-7-14)27-21(28-19)20-24-10-11-25-20/h3-13H,1-2H3,(H2,23,26)(H,24,25)(H,27,28). The molecular weight excluding hydrogens is 426 g/mol. The normalized spacial score (nSPS) is 12.1. The van der Waals surface area contributed by atoms with E-state index in [0.29, 0.717) is 28.4 Å². The first kappa shape index (κ1) is 20.0. The van der Waals surface area contributed by atoms with Crippen molar-refractivity contribution in [2.24, 2.45) is 0 Å². The summed E-state index contributed by atoms with van der Waals surface area (Å²) in [5, 5.41) is -0.651. The Hall–Kier alpha value is -3.92. The Kier molecular flexibility index (Phi) is 4.59. The fourth-order valence-electron chi connectivity index (χ4n) is 3.60. The Morgan fingerprint density at radius 3 is 2.47 bits per heavy atom. The van der Waals surface area contributed by atoms with Crippen molar-refractivity contribution in [3.8, 4) is 34.2 Å². The average Bonchev–Trinajstić information content (AvgIpc) is 3.51. The topological polar surface area (TPSA) is 135 Å². The number of imidazole rings is 3. The van der Waals surface area contributed by atoms with Crippen LogP contribution >= 0.6 is 0 Å². The molecule has 0 amide bonds. The van der Waals surface area contributed by atoms with Gasteiger partial charge in [0.1, 0.15) is 0 Å². The molecule has 0 aliphatic heterocycles. The molecule has 3 heterocycles. The maximum absolute atomic E-state index is 12.9. The number of aromatic nitrogens is 6. The molecule has 4 N–H and O–H groups in total. The number of rotatable bonds is 5. The summed E-state index contributed by atoms with van der Waals surface area (Å²) in [5.41, 5.74) is 10.0. The van der Waals surface area contributed by atoms with Crippen molar-refractivity contribution in [3.05, 3.63) is 60.9 Å². The van der Waals surface area contributed by atoms with E-state index in [-0.39, 0.29) is 5.95 Å². The second-order valence-electron chi connectivity index (χ2n) is 7.64. The van der Waals surface area contributed by atoms with E-state index in [0.717, 1.165) is 20.8 Å². The largest absolute Gasteiger partial charge is 0.368 e. The van der Waals surface area contributed by atoms with E-state index in [4.69, 9.17) is 10.7 Å². The number of nitrogen functional groups attached to an aromatic ring is 1. The molecule has 9 nitrogen and oxygen atoms in total. The molecule has 32 heavy (non-hydrogen) atoms. The minimum absolute atomic E-state index is 0.0626. The number of fused-ring (bicyclic) bond motifs is 1. The number of aromatic amines is 2. The van der Waals surface area contributed by atoms with Crippen molar-refractivity contribution < 1.29 is 8.42 Å². The number of hydrogen-bond donors (Lipinski definition) is 3. The second-order valence-corrected chi connectivity index (χ2v) is 9.98. The summed E-state index contributed by atoms with van der Waals surface area (Å²) in [5.74, 6) is 1.12. The van der Waals surface area contributed by atoms with Gasteiger partial charge in [-0.15, -0.1) is 0 Å². The van der Waals surface area contributed by atoms with Gasteiger partial charge in [-0.25, -0.2) is 27.3 Å². The lowest BCUT2D eigenvalue weighted by Gasteiger charge is -2.11. The smallest absolute Gasteiger partial charge is 0.244 e. The predicted octanol–water partition coefficient (Wildman–Crippen LogP) is 3.65. The molecule has 0 spiro atoms. The molecule has 10 heteroatoms. The van der Waals surface area contributed by atoms with Crippen LogP contribution in [0.2, 0.25) is 0 Å². The first-order valence-electron chi connectivity index (χ1n) is 10.0. The number of H-pyrrole nitrogens is 2. The van der Waals surface area contributed by atoms with Gasteiger partial charge in [0.25, 0.3) is 0 Å². The Labute approximate surface area is 184 Å². The summed E-state index contributed by atoms with van der Waals surface area (Å²) in [6.45, 7) is 3.22. The van der Waals surface area contributed by atoms with Gasteiger partial charge in [0.05, 0.1) is 27.7 Å². The van der Waals surface area contributed by atoms with Gasteiger partial charge in [0, 0.05) is 23.5 Å². The molecular formula is C22H21N7O2S. The van der Waals surface area contributed by atoms with E-state index in [1.807, 2.05) is 36.4 Å². The van der Waals surface area contributed by atoms with Gasteiger partial charge in [-0.3, -0.25) is 0 Å². The molecule has 2 aromatic carbocycles. The van der Waals surface area contributed by atoms with Crippen molar-refractivity contribution in [2.75, 3.05) is 5.73 Å². The summed E-state index contributed by atoms with van der Waals surface area (Å²) < 4.78 is 27.0. The summed E-state index contributed by atoms with van der Waals surface area (Å²) in [6, 6.07) is 15.2. The maximum atomic E-state index is 12.9. The zero-order valence-corrected chi connectivity index (χ0v) is 18.3. The third-order valence-electron chi connectivity index (χ3n) is 5.25. The minimum atomic E-state index is -3.70. The van der Waals surface area contributed by atoms with Crippen LogP contribution in [0.1, 0.15) is 13.8 Å². The van der Waals surface area contributed by atoms with E-state index < -0.39 is 15.3 Å². The van der Waals surface area contributed by atoms with Crippen LogP contribution in [0.4, 0.5) is 5.95 Å². The number of nitrogens with two attached hydrogens (primary N) is 1. The Morgan fingerprint density at radius 1 is 1.00 bits per heavy atom. The average molecular weight is 448 g/mol. The van der Waals surface area contributed by atoms with Crippen LogP contribution in [-0.2, 0) is 10.0 Å². The van der Waals surface area contributed by atoms with Crippen LogP contribution in [0, 0.1) is 0 Å². The molecule has 0 fully saturated rings. The van der Waals surface area contributed by atoms with Crippen LogP contribution in [0.5, 0.6) is 0 Å². The third kappa shape index (κ3) is 3.16. The van der Waals surface area contributed by atoms with Gasteiger partial charge in [-0.2, -0.15) is 0 Å². The Morgan fingerprint density at radius 2 is 1.78 bits per heavy atom. The quantitative estimate of drug-likeness (QED) is 0.376. The predicted molar refractivity (Wildman–Crippen MR) is 124 cm³/mol. The van der Waals surface area contributed by atoms with Gasteiger partial charge in [-0.1, -0.05) is 36.4 Å². The monoisotopic (exact) mass is 447 g/mol. The first-order valence-corrected chi connectivity index (χ1v) is 11.5. The molecule has 3 aromatic heterocycles. The van der Waals surface area contributed by atoms with Crippen LogP contribution in [-0.4, -0.2) is 42.6 Å². The van der Waals surface area contributed by atoms with Gasteiger partial charge >= 0.3 is 0 Å². The van der Waals surface area contributed by atoms with E-state index in [1.54, 1.807) is 38.4 Å². The zero-order valence-electron chi connectivity index (χ0n) is 17.4. The van der Waals surface area contributed by atoms with E-state index in [1.165, 1.54) is 0 Å². The molecule has 0 bridgehead atoms. The molecule has 0 atom stereocenters. The molecule has 5 aromatic rings. The number of benzene rings is 2. The van der Waals surface area contributed by atoms with E-state index >= 15 is 0 Å². The summed E-state index contributed by atoms with van der Waals surface area (Å²) in [7, 11) is -3.70. The summed E-state index contributed by atoms with van der Waals surface area (Å²) >= 11 is 0. The van der Waals surface area contributed by atoms with E-state index in [9.17, 15) is 8.42 Å². The highest BCUT2D eigenvalue weighted by molar-refractivity contribution is 7.90. The highest BCUT2D eigenvalue weighted by Crippen LogP contribution is 2.34. The Balaban J connectivity index is 1.75. The van der Waals surface area contributed by atoms with E-state index in [2.05, 4.69) is 19.9 Å². The molecule has 0 radical (unpaired) electrons. The highest BCUT2D eigenvalue weighted by Gasteiger charge is 2.25. The molecule has 0 unspecified atom stereocenters.